The molecule has 0 atom stereocenters. The van der Waals surface area contributed by atoms with Crippen molar-refractivity contribution in [2.45, 2.75) is 39.2 Å². The van der Waals surface area contributed by atoms with Gasteiger partial charge in [0.05, 0.1) is 31.2 Å². The number of hydrogen-bond acceptors (Lipinski definition) is 4. The summed E-state index contributed by atoms with van der Waals surface area (Å²) >= 11 is 0. The number of nitrogens with zero attached hydrogens (tertiary/aromatic N) is 2. The molecule has 1 aromatic heterocycles. The smallest absolute Gasteiger partial charge is 0.224 e. The van der Waals surface area contributed by atoms with E-state index in [4.69, 9.17) is 14.5 Å². The van der Waals surface area contributed by atoms with Gasteiger partial charge in [-0.15, -0.1) is 0 Å². The monoisotopic (exact) mass is 471 g/mol. The minimum absolute atomic E-state index is 0.0250. The van der Waals surface area contributed by atoms with E-state index in [1.54, 1.807) is 7.11 Å². The molecule has 0 aliphatic carbocycles. The third-order valence-electron chi connectivity index (χ3n) is 6.03. The number of hydrogen-bond donors (Lipinski definition) is 1. The van der Waals surface area contributed by atoms with Crippen LogP contribution in [0.1, 0.15) is 29.8 Å². The summed E-state index contributed by atoms with van der Waals surface area (Å²) in [4.78, 5) is 17.2. The van der Waals surface area contributed by atoms with Gasteiger partial charge in [-0.25, -0.2) is 4.98 Å². The molecule has 4 rings (SSSR count). The van der Waals surface area contributed by atoms with Crippen molar-refractivity contribution >= 4 is 16.9 Å². The standard InChI is InChI=1S/C29H33N3O3/c1-22-9-3-6-12-27(22)35-20-8-19-32-26-11-5-4-10-25(26)31-28(32)13-7-18-30-29(33)21-23-14-16-24(34-2)17-15-23/h3-6,9-12,14-17H,7-8,13,18-21H2,1-2H3,(H,30,33). The van der Waals surface area contributed by atoms with Crippen LogP contribution in [0.2, 0.25) is 0 Å². The first-order valence-corrected chi connectivity index (χ1v) is 12.2. The Morgan fingerprint density at radius 2 is 1.74 bits per heavy atom. The lowest BCUT2D eigenvalue weighted by Crippen LogP contribution is -2.26. The number of ether oxygens (including phenoxy) is 2. The highest BCUT2D eigenvalue weighted by Crippen LogP contribution is 2.19. The van der Waals surface area contributed by atoms with Gasteiger partial charge in [-0.2, -0.15) is 0 Å². The van der Waals surface area contributed by atoms with Crippen LogP contribution in [0.15, 0.2) is 72.8 Å². The van der Waals surface area contributed by atoms with Crippen molar-refractivity contribution in [2.24, 2.45) is 0 Å². The number of aryl methyl sites for hydroxylation is 3. The van der Waals surface area contributed by atoms with E-state index in [1.165, 1.54) is 0 Å². The number of imidazole rings is 1. The summed E-state index contributed by atoms with van der Waals surface area (Å²) in [5.41, 5.74) is 4.26. The number of carbonyl (C=O) groups is 1. The Bertz CT molecular complexity index is 1250. The summed E-state index contributed by atoms with van der Waals surface area (Å²) in [6, 6.07) is 23.9. The van der Waals surface area contributed by atoms with Crippen molar-refractivity contribution in [3.8, 4) is 11.5 Å². The Kier molecular flexibility index (Phi) is 8.39. The van der Waals surface area contributed by atoms with Crippen molar-refractivity contribution in [2.75, 3.05) is 20.3 Å². The fourth-order valence-corrected chi connectivity index (χ4v) is 4.15. The van der Waals surface area contributed by atoms with Gasteiger partial charge in [-0.1, -0.05) is 42.5 Å². The lowest BCUT2D eigenvalue weighted by molar-refractivity contribution is -0.120. The summed E-state index contributed by atoms with van der Waals surface area (Å²) < 4.78 is 13.4. The van der Waals surface area contributed by atoms with E-state index in [9.17, 15) is 4.79 Å². The fraction of sp³-hybridized carbons (Fsp3) is 0.310. The lowest BCUT2D eigenvalue weighted by atomic mass is 10.1. The molecule has 1 N–H and O–H groups in total. The zero-order valence-corrected chi connectivity index (χ0v) is 20.5. The molecule has 0 saturated heterocycles. The Labute approximate surface area is 206 Å². The number of carbonyl (C=O) groups excluding carboxylic acids is 1. The molecule has 1 heterocycles. The minimum atomic E-state index is 0.0250. The quantitative estimate of drug-likeness (QED) is 0.292. The van der Waals surface area contributed by atoms with Crippen molar-refractivity contribution in [1.29, 1.82) is 0 Å². The molecule has 0 saturated carbocycles. The topological polar surface area (TPSA) is 65.4 Å². The van der Waals surface area contributed by atoms with E-state index in [0.717, 1.165) is 65.3 Å². The van der Waals surface area contributed by atoms with Gasteiger partial charge in [0, 0.05) is 19.5 Å². The van der Waals surface area contributed by atoms with Crippen LogP contribution in [0.25, 0.3) is 11.0 Å². The van der Waals surface area contributed by atoms with Crippen LogP contribution in [0.3, 0.4) is 0 Å². The van der Waals surface area contributed by atoms with E-state index in [0.29, 0.717) is 19.6 Å². The van der Waals surface area contributed by atoms with Gasteiger partial charge in [-0.05, 0) is 61.2 Å². The highest BCUT2D eigenvalue weighted by molar-refractivity contribution is 5.78. The maximum Gasteiger partial charge on any atom is 0.224 e. The highest BCUT2D eigenvalue weighted by atomic mass is 16.5. The predicted octanol–water partition coefficient (Wildman–Crippen LogP) is 5.11. The normalized spacial score (nSPS) is 10.9. The van der Waals surface area contributed by atoms with Crippen LogP contribution in [0.5, 0.6) is 11.5 Å². The van der Waals surface area contributed by atoms with Crippen LogP contribution >= 0.6 is 0 Å². The molecule has 0 spiro atoms. The average molecular weight is 472 g/mol. The van der Waals surface area contributed by atoms with E-state index in [-0.39, 0.29) is 5.91 Å². The molecule has 0 radical (unpaired) electrons. The number of aromatic nitrogens is 2. The zero-order chi connectivity index (χ0) is 24.5. The number of amides is 1. The van der Waals surface area contributed by atoms with Crippen molar-refractivity contribution < 1.29 is 14.3 Å². The van der Waals surface area contributed by atoms with Crippen LogP contribution in [-0.2, 0) is 24.2 Å². The Morgan fingerprint density at radius 3 is 2.54 bits per heavy atom. The van der Waals surface area contributed by atoms with Crippen LogP contribution in [0.4, 0.5) is 0 Å². The van der Waals surface area contributed by atoms with Crippen LogP contribution in [-0.4, -0.2) is 35.7 Å². The zero-order valence-electron chi connectivity index (χ0n) is 20.5. The van der Waals surface area contributed by atoms with E-state index >= 15 is 0 Å². The first kappa shape index (κ1) is 24.3. The summed E-state index contributed by atoms with van der Waals surface area (Å²) in [6.45, 7) is 4.17. The summed E-state index contributed by atoms with van der Waals surface area (Å²) in [5.74, 6) is 2.80. The second-order valence-corrected chi connectivity index (χ2v) is 8.61. The molecule has 4 aromatic rings. The molecule has 6 heteroatoms. The van der Waals surface area contributed by atoms with Gasteiger partial charge in [0.15, 0.2) is 0 Å². The molecule has 0 aliphatic heterocycles. The number of benzene rings is 3. The number of methoxy groups -OCH3 is 1. The molecule has 0 aliphatic rings. The number of fused-ring (bicyclic) bond motifs is 1. The second kappa shape index (κ2) is 12.1. The summed E-state index contributed by atoms with van der Waals surface area (Å²) in [6.07, 6.45) is 2.89. The highest BCUT2D eigenvalue weighted by Gasteiger charge is 2.11. The van der Waals surface area contributed by atoms with Gasteiger partial charge in [0.25, 0.3) is 0 Å². The van der Waals surface area contributed by atoms with Gasteiger partial charge in [0.1, 0.15) is 17.3 Å². The number of para-hydroxylation sites is 3. The maximum absolute atomic E-state index is 12.3. The first-order chi connectivity index (χ1) is 17.1. The van der Waals surface area contributed by atoms with Crippen molar-refractivity contribution in [1.82, 2.24) is 14.9 Å². The Hall–Kier alpha value is -3.80. The van der Waals surface area contributed by atoms with Gasteiger partial charge < -0.3 is 19.4 Å². The number of rotatable bonds is 12. The molecule has 182 valence electrons. The molecule has 0 bridgehead atoms. The predicted molar refractivity (Wildman–Crippen MR) is 139 cm³/mol. The average Bonchev–Trinajstić information content (AvgIpc) is 3.23. The molecular weight excluding hydrogens is 438 g/mol. The van der Waals surface area contributed by atoms with Gasteiger partial charge in [0.2, 0.25) is 5.91 Å². The molecule has 3 aromatic carbocycles. The van der Waals surface area contributed by atoms with E-state index < -0.39 is 0 Å². The van der Waals surface area contributed by atoms with Gasteiger partial charge >= 0.3 is 0 Å². The minimum Gasteiger partial charge on any atom is -0.497 e. The first-order valence-electron chi connectivity index (χ1n) is 12.2. The third kappa shape index (κ3) is 6.63. The van der Waals surface area contributed by atoms with E-state index in [2.05, 4.69) is 35.0 Å². The van der Waals surface area contributed by atoms with Gasteiger partial charge in [-0.3, -0.25) is 4.79 Å². The molecule has 1 amide bonds. The second-order valence-electron chi connectivity index (χ2n) is 8.61. The van der Waals surface area contributed by atoms with Crippen molar-refractivity contribution in [3.63, 3.8) is 0 Å². The maximum atomic E-state index is 12.3. The molecule has 6 nitrogen and oxygen atoms in total. The van der Waals surface area contributed by atoms with E-state index in [1.807, 2.05) is 54.6 Å². The summed E-state index contributed by atoms with van der Waals surface area (Å²) in [5, 5.41) is 3.03. The molecule has 35 heavy (non-hydrogen) atoms. The fourth-order valence-electron chi connectivity index (χ4n) is 4.15. The van der Waals surface area contributed by atoms with Crippen molar-refractivity contribution in [3.05, 3.63) is 89.7 Å². The molecular formula is C29H33N3O3. The Morgan fingerprint density at radius 1 is 0.971 bits per heavy atom. The third-order valence-corrected chi connectivity index (χ3v) is 6.03. The SMILES string of the molecule is COc1ccc(CC(=O)NCCCc2nc3ccccc3n2CCCOc2ccccc2C)cc1. The Balaban J connectivity index is 1.28. The largest absolute Gasteiger partial charge is 0.497 e. The number of nitrogens with one attached hydrogen (secondary N) is 1. The summed E-state index contributed by atoms with van der Waals surface area (Å²) in [7, 11) is 1.63. The molecule has 0 fully saturated rings. The lowest BCUT2D eigenvalue weighted by Gasteiger charge is -2.12. The van der Waals surface area contributed by atoms with Crippen LogP contribution < -0.4 is 14.8 Å². The van der Waals surface area contributed by atoms with Crippen LogP contribution in [0, 0.1) is 6.92 Å². The molecule has 0 unspecified atom stereocenters.